The van der Waals surface area contributed by atoms with Gasteiger partial charge in [0.2, 0.25) is 35.4 Å². The average molecular weight is 848 g/mol. The van der Waals surface area contributed by atoms with Gasteiger partial charge in [-0.3, -0.25) is 38.6 Å². The summed E-state index contributed by atoms with van der Waals surface area (Å²) in [6, 6.07) is 4.63. The van der Waals surface area contributed by atoms with Gasteiger partial charge in [0.1, 0.15) is 37.4 Å². The highest BCUT2D eigenvalue weighted by Crippen LogP contribution is 2.11. The first-order chi connectivity index (χ1) is 28.9. The predicted molar refractivity (Wildman–Crippen MR) is 221 cm³/mol. The van der Waals surface area contributed by atoms with E-state index < -0.39 is 60.2 Å². The van der Waals surface area contributed by atoms with E-state index in [9.17, 15) is 33.6 Å². The zero-order valence-corrected chi connectivity index (χ0v) is 34.9. The molecule has 1 heterocycles. The molecular formula is C40H65N9O11. The van der Waals surface area contributed by atoms with E-state index in [0.717, 1.165) is 12.0 Å². The number of aliphatic imine (C=N–C) groups is 1. The summed E-state index contributed by atoms with van der Waals surface area (Å²) in [7, 11) is 0. The Bertz CT molecular complexity index is 1510. The van der Waals surface area contributed by atoms with Crippen LogP contribution in [0.1, 0.15) is 70.8 Å². The van der Waals surface area contributed by atoms with Crippen molar-refractivity contribution in [2.45, 2.75) is 95.8 Å². The first-order valence-corrected chi connectivity index (χ1v) is 20.6. The molecule has 1 fully saturated rings. The van der Waals surface area contributed by atoms with Crippen LogP contribution in [0.4, 0.5) is 0 Å². The minimum absolute atomic E-state index is 0.0592. The van der Waals surface area contributed by atoms with Crippen molar-refractivity contribution in [2.75, 3.05) is 72.5 Å². The second-order valence-electron chi connectivity index (χ2n) is 14.1. The molecule has 0 saturated carbocycles. The van der Waals surface area contributed by atoms with Crippen molar-refractivity contribution in [3.05, 3.63) is 35.9 Å². The second kappa shape index (κ2) is 30.8. The number of nitrogens with zero attached hydrogens (tertiary/aromatic N) is 1. The van der Waals surface area contributed by atoms with Gasteiger partial charge in [0.15, 0.2) is 11.7 Å². The highest BCUT2D eigenvalue weighted by molar-refractivity contribution is 5.97. The number of nitrogens with one attached hydrogen (secondary N) is 6. The van der Waals surface area contributed by atoms with E-state index >= 15 is 0 Å². The Morgan fingerprint density at radius 1 is 0.717 bits per heavy atom. The largest absolute Gasteiger partial charge is 0.379 e. The van der Waals surface area contributed by atoms with E-state index in [2.05, 4.69) is 36.9 Å². The van der Waals surface area contributed by atoms with E-state index in [0.29, 0.717) is 52.0 Å². The molecule has 20 heteroatoms. The molecule has 1 aliphatic rings. The zero-order chi connectivity index (χ0) is 44.0. The summed E-state index contributed by atoms with van der Waals surface area (Å²) in [4.78, 5) is 94.8. The number of rotatable bonds is 27. The van der Waals surface area contributed by atoms with Crippen molar-refractivity contribution in [3.8, 4) is 0 Å². The fourth-order valence-corrected chi connectivity index (χ4v) is 5.76. The third-order valence-electron chi connectivity index (χ3n) is 8.93. The summed E-state index contributed by atoms with van der Waals surface area (Å²) in [5.74, 6) is -3.70. The number of hydrogen-bond acceptors (Lipinski definition) is 12. The molecule has 20 nitrogen and oxygen atoms in total. The maximum atomic E-state index is 13.8. The quantitative estimate of drug-likeness (QED) is 0.0284. The Hall–Kier alpha value is -5.18. The summed E-state index contributed by atoms with van der Waals surface area (Å²) in [6.07, 6.45) is 3.31. The van der Waals surface area contributed by atoms with Crippen LogP contribution in [-0.2, 0) is 58.9 Å². The SMILES string of the molecule is CCCOCCOCC(=O)NCCOCCOCC(=O)CCCCCC1NC(=O)[C@H](Cc2ccccc2)NC(=O)[C@@H](C)NC(=O)CNC(=O)[C@H](CCCN=C(N)N)NC1=O. The van der Waals surface area contributed by atoms with Crippen LogP contribution in [0.25, 0.3) is 0 Å². The molecule has 0 aromatic heterocycles. The van der Waals surface area contributed by atoms with Crippen LogP contribution in [0.2, 0.25) is 0 Å². The Balaban J connectivity index is 1.93. The summed E-state index contributed by atoms with van der Waals surface area (Å²) in [6.45, 7) is 5.48. The van der Waals surface area contributed by atoms with Crippen molar-refractivity contribution in [2.24, 2.45) is 16.5 Å². The molecule has 6 amide bonds. The lowest BCUT2D eigenvalue weighted by Crippen LogP contribution is -2.57. The monoisotopic (exact) mass is 847 g/mol. The van der Waals surface area contributed by atoms with Gasteiger partial charge < -0.3 is 62.3 Å². The van der Waals surface area contributed by atoms with Gasteiger partial charge in [0.05, 0.1) is 39.6 Å². The van der Waals surface area contributed by atoms with Crippen LogP contribution in [0.5, 0.6) is 0 Å². The third-order valence-corrected chi connectivity index (χ3v) is 8.93. The minimum Gasteiger partial charge on any atom is -0.379 e. The van der Waals surface area contributed by atoms with Crippen LogP contribution in [0.3, 0.4) is 0 Å². The lowest BCUT2D eigenvalue weighted by Gasteiger charge is -2.25. The van der Waals surface area contributed by atoms with Crippen molar-refractivity contribution in [1.82, 2.24) is 31.9 Å². The molecule has 60 heavy (non-hydrogen) atoms. The van der Waals surface area contributed by atoms with E-state index in [1.54, 1.807) is 24.3 Å². The van der Waals surface area contributed by atoms with Crippen LogP contribution in [0, 0.1) is 0 Å². The van der Waals surface area contributed by atoms with E-state index in [-0.39, 0.29) is 82.9 Å². The van der Waals surface area contributed by atoms with E-state index in [4.69, 9.17) is 30.4 Å². The molecule has 0 spiro atoms. The normalized spacial score (nSPS) is 19.1. The number of ketones is 1. The molecule has 1 aromatic carbocycles. The number of ether oxygens (including phenoxy) is 4. The number of carbonyl (C=O) groups is 7. The Kier molecular flexibility index (Phi) is 26.2. The van der Waals surface area contributed by atoms with Gasteiger partial charge in [-0.1, -0.05) is 50.1 Å². The van der Waals surface area contributed by atoms with Crippen molar-refractivity contribution in [3.63, 3.8) is 0 Å². The highest BCUT2D eigenvalue weighted by Gasteiger charge is 2.31. The molecule has 1 aliphatic heterocycles. The number of unbranched alkanes of at least 4 members (excludes halogenated alkanes) is 2. The van der Waals surface area contributed by atoms with Gasteiger partial charge in [0.25, 0.3) is 0 Å². The fourth-order valence-electron chi connectivity index (χ4n) is 5.76. The summed E-state index contributed by atoms with van der Waals surface area (Å²) in [5.41, 5.74) is 11.6. The smallest absolute Gasteiger partial charge is 0.246 e. The van der Waals surface area contributed by atoms with Crippen molar-refractivity contribution < 1.29 is 52.5 Å². The maximum absolute atomic E-state index is 13.8. The number of guanidine groups is 1. The zero-order valence-electron chi connectivity index (χ0n) is 34.9. The number of amides is 6. The highest BCUT2D eigenvalue weighted by atomic mass is 16.5. The Labute approximate surface area is 351 Å². The minimum atomic E-state index is -1.11. The maximum Gasteiger partial charge on any atom is 0.246 e. The molecule has 1 saturated heterocycles. The Morgan fingerprint density at radius 3 is 2.03 bits per heavy atom. The van der Waals surface area contributed by atoms with Crippen LogP contribution >= 0.6 is 0 Å². The molecule has 1 aromatic rings. The fraction of sp³-hybridized carbons (Fsp3) is 0.650. The summed E-state index contributed by atoms with van der Waals surface area (Å²) >= 11 is 0. The van der Waals surface area contributed by atoms with Crippen LogP contribution in [0.15, 0.2) is 35.3 Å². The molecule has 10 N–H and O–H groups in total. The number of hydrogen-bond donors (Lipinski definition) is 8. The molecule has 336 valence electrons. The second-order valence-corrected chi connectivity index (χ2v) is 14.1. The average Bonchev–Trinajstić information content (AvgIpc) is 3.22. The van der Waals surface area contributed by atoms with E-state index in [1.807, 2.05) is 13.0 Å². The third kappa shape index (κ3) is 23.4. The summed E-state index contributed by atoms with van der Waals surface area (Å²) in [5, 5.41) is 15.9. The topological polar surface area (TPSA) is 293 Å². The molecule has 0 bridgehead atoms. The van der Waals surface area contributed by atoms with Crippen molar-refractivity contribution in [1.29, 1.82) is 0 Å². The lowest BCUT2D eigenvalue weighted by atomic mass is 10.0. The lowest BCUT2D eigenvalue weighted by molar-refractivity contribution is -0.134. The predicted octanol–water partition coefficient (Wildman–Crippen LogP) is -1.52. The van der Waals surface area contributed by atoms with Crippen LogP contribution < -0.4 is 43.4 Å². The van der Waals surface area contributed by atoms with Gasteiger partial charge in [-0.2, -0.15) is 0 Å². The van der Waals surface area contributed by atoms with Gasteiger partial charge in [-0.25, -0.2) is 0 Å². The molecular weight excluding hydrogens is 782 g/mol. The van der Waals surface area contributed by atoms with Crippen LogP contribution in [-0.4, -0.2) is 144 Å². The standard InChI is InChI=1S/C40H65N9O11/c1-3-18-57-20-23-60-27-35(52)43-17-19-58-21-22-59-26-30(50)13-8-5-9-14-32-38(55)47-31(15-10-16-44-40(41)42)37(54)45-25-34(51)46-28(2)36(53)49-33(39(56)48-32)24-29-11-6-4-7-12-29/h4,6-7,11-12,28,31-33H,3,5,8-10,13-27H2,1-2H3,(H,43,52)(H,45,54)(H,46,51)(H,47,55)(H,48,56)(H,49,53)(H4,41,42,44)/t28-,31+,32?,33+/m1/s1. The van der Waals surface area contributed by atoms with Crippen molar-refractivity contribution >= 4 is 47.2 Å². The molecule has 0 aliphatic carbocycles. The molecule has 1 unspecified atom stereocenters. The number of nitrogens with two attached hydrogens (primary N) is 2. The number of benzene rings is 1. The number of carbonyl (C=O) groups excluding carboxylic acids is 7. The van der Waals surface area contributed by atoms with Gasteiger partial charge in [-0.05, 0) is 44.6 Å². The summed E-state index contributed by atoms with van der Waals surface area (Å²) < 4.78 is 21.4. The van der Waals surface area contributed by atoms with Gasteiger partial charge in [0, 0.05) is 32.5 Å². The molecule has 4 atom stereocenters. The first-order valence-electron chi connectivity index (χ1n) is 20.6. The number of Topliss-reactive ketones (excluding diaryl/α,β-unsaturated/α-hetero) is 1. The van der Waals surface area contributed by atoms with E-state index in [1.165, 1.54) is 6.92 Å². The van der Waals surface area contributed by atoms with Gasteiger partial charge >= 0.3 is 0 Å². The van der Waals surface area contributed by atoms with Gasteiger partial charge in [-0.15, -0.1) is 0 Å². The first kappa shape index (κ1) is 51.0. The Morgan fingerprint density at radius 2 is 1.33 bits per heavy atom. The molecule has 0 radical (unpaired) electrons. The molecule has 2 rings (SSSR count).